The molecular formula is C22H23ClN2O3S. The van der Waals surface area contributed by atoms with Crippen molar-refractivity contribution in [3.8, 4) is 11.5 Å². The van der Waals surface area contributed by atoms with Crippen LogP contribution in [0.25, 0.3) is 0 Å². The normalized spacial score (nSPS) is 23.6. The van der Waals surface area contributed by atoms with Gasteiger partial charge in [-0.25, -0.2) is 0 Å². The summed E-state index contributed by atoms with van der Waals surface area (Å²) >= 11 is 7.82. The zero-order valence-electron chi connectivity index (χ0n) is 16.1. The molecule has 0 radical (unpaired) electrons. The van der Waals surface area contributed by atoms with Gasteiger partial charge < -0.3 is 9.47 Å². The van der Waals surface area contributed by atoms with Crippen LogP contribution in [0.5, 0.6) is 11.5 Å². The Balaban J connectivity index is 1.24. The maximum atomic E-state index is 12.7. The summed E-state index contributed by atoms with van der Waals surface area (Å²) in [5.41, 5.74) is 0.943. The van der Waals surface area contributed by atoms with Crippen LogP contribution in [0.2, 0.25) is 5.02 Å². The van der Waals surface area contributed by atoms with Gasteiger partial charge in [0.1, 0.15) is 12.7 Å². The molecule has 5 nitrogen and oxygen atoms in total. The van der Waals surface area contributed by atoms with Crippen molar-refractivity contribution >= 4 is 35.0 Å². The zero-order chi connectivity index (χ0) is 19.8. The second-order valence-corrected chi connectivity index (χ2v) is 9.51. The molecule has 29 heavy (non-hydrogen) atoms. The van der Waals surface area contributed by atoms with Crippen molar-refractivity contribution in [3.63, 3.8) is 0 Å². The molecule has 0 aromatic heterocycles. The number of ether oxygens (including phenoxy) is 2. The van der Waals surface area contributed by atoms with E-state index in [1.54, 1.807) is 11.8 Å². The Hall–Kier alpha value is -1.89. The highest BCUT2D eigenvalue weighted by Crippen LogP contribution is 2.47. The number of thioether (sulfide) groups is 1. The summed E-state index contributed by atoms with van der Waals surface area (Å²) in [6, 6.07) is 15.4. The summed E-state index contributed by atoms with van der Waals surface area (Å²) in [5, 5.41) is 0.688. The van der Waals surface area contributed by atoms with Crippen molar-refractivity contribution in [2.45, 2.75) is 23.8 Å². The highest BCUT2D eigenvalue weighted by molar-refractivity contribution is 8.02. The van der Waals surface area contributed by atoms with Gasteiger partial charge in [0.15, 0.2) is 11.5 Å². The van der Waals surface area contributed by atoms with Crippen molar-refractivity contribution < 1.29 is 14.3 Å². The third-order valence-electron chi connectivity index (χ3n) is 5.87. The van der Waals surface area contributed by atoms with Crippen LogP contribution in [0.1, 0.15) is 12.8 Å². The molecule has 0 bridgehead atoms. The topological polar surface area (TPSA) is 42.0 Å². The number of piperidine rings is 1. The minimum absolute atomic E-state index is 0.0316. The summed E-state index contributed by atoms with van der Waals surface area (Å²) < 4.78 is 12.0. The number of para-hydroxylation sites is 2. The summed E-state index contributed by atoms with van der Waals surface area (Å²) in [5.74, 6) is 2.37. The number of anilines is 1. The monoisotopic (exact) mass is 430 g/mol. The van der Waals surface area contributed by atoms with Crippen LogP contribution >= 0.6 is 23.4 Å². The molecule has 2 aromatic rings. The van der Waals surface area contributed by atoms with Crippen LogP contribution in [0.4, 0.5) is 5.69 Å². The van der Waals surface area contributed by atoms with Gasteiger partial charge in [-0.05, 0) is 49.2 Å². The average molecular weight is 431 g/mol. The first-order valence-corrected chi connectivity index (χ1v) is 11.3. The molecule has 1 spiro atoms. The Bertz CT molecular complexity index is 899. The van der Waals surface area contributed by atoms with E-state index < -0.39 is 0 Å². The maximum Gasteiger partial charge on any atom is 0.238 e. The smallest absolute Gasteiger partial charge is 0.238 e. The van der Waals surface area contributed by atoms with Crippen LogP contribution in [0, 0.1) is 0 Å². The highest BCUT2D eigenvalue weighted by atomic mass is 35.5. The van der Waals surface area contributed by atoms with E-state index >= 15 is 0 Å². The molecule has 3 aliphatic heterocycles. The molecule has 3 heterocycles. The lowest BCUT2D eigenvalue weighted by atomic mass is 10.0. The fourth-order valence-corrected chi connectivity index (χ4v) is 5.87. The Kier molecular flexibility index (Phi) is 5.10. The van der Waals surface area contributed by atoms with E-state index in [-0.39, 0.29) is 16.9 Å². The molecule has 1 atom stereocenters. The fraction of sp³-hybridized carbons (Fsp3) is 0.409. The molecule has 5 rings (SSSR count). The number of hydrogen-bond donors (Lipinski definition) is 0. The van der Waals surface area contributed by atoms with Gasteiger partial charge >= 0.3 is 0 Å². The van der Waals surface area contributed by atoms with E-state index in [4.69, 9.17) is 21.1 Å². The molecule has 152 valence electrons. The number of nitrogens with zero attached hydrogens (tertiary/aromatic N) is 2. The number of halogens is 1. The predicted molar refractivity (Wildman–Crippen MR) is 116 cm³/mol. The molecule has 3 aliphatic rings. The largest absolute Gasteiger partial charge is 0.486 e. The standard InChI is InChI=1S/C22H23ClN2O3S/c23-16-5-7-17(8-6-16)25-21(26)15-29-22(25)9-11-24(12-10-22)13-18-14-27-19-3-1-2-4-20(19)28-18/h1-8,18H,9-15H2. The number of rotatable bonds is 3. The SMILES string of the molecule is O=C1CSC2(CCN(CC3COc4ccccc4O3)CC2)N1c1ccc(Cl)cc1. The number of fused-ring (bicyclic) bond motifs is 1. The van der Waals surface area contributed by atoms with E-state index in [2.05, 4.69) is 4.90 Å². The van der Waals surface area contributed by atoms with E-state index in [1.807, 2.05) is 53.4 Å². The van der Waals surface area contributed by atoms with Gasteiger partial charge in [-0.3, -0.25) is 14.6 Å². The fourth-order valence-electron chi connectivity index (χ4n) is 4.42. The summed E-state index contributed by atoms with van der Waals surface area (Å²) in [7, 11) is 0. The number of hydrogen-bond acceptors (Lipinski definition) is 5. The minimum atomic E-state index is -0.155. The van der Waals surface area contributed by atoms with E-state index in [0.29, 0.717) is 17.4 Å². The van der Waals surface area contributed by atoms with Gasteiger partial charge in [0, 0.05) is 30.3 Å². The van der Waals surface area contributed by atoms with Crippen LogP contribution in [0.15, 0.2) is 48.5 Å². The van der Waals surface area contributed by atoms with Gasteiger partial charge in [-0.1, -0.05) is 23.7 Å². The van der Waals surface area contributed by atoms with E-state index in [9.17, 15) is 4.79 Å². The van der Waals surface area contributed by atoms with Crippen LogP contribution in [0.3, 0.4) is 0 Å². The van der Waals surface area contributed by atoms with E-state index in [0.717, 1.165) is 49.7 Å². The van der Waals surface area contributed by atoms with Crippen LogP contribution in [-0.4, -0.2) is 53.8 Å². The number of amides is 1. The lowest BCUT2D eigenvalue weighted by molar-refractivity contribution is -0.116. The minimum Gasteiger partial charge on any atom is -0.486 e. The molecule has 2 fully saturated rings. The number of likely N-dealkylation sites (tertiary alicyclic amines) is 1. The molecule has 0 N–H and O–H groups in total. The molecule has 0 saturated carbocycles. The first-order valence-electron chi connectivity index (χ1n) is 9.96. The van der Waals surface area contributed by atoms with Gasteiger partial charge in [0.05, 0.1) is 10.6 Å². The van der Waals surface area contributed by atoms with Gasteiger partial charge in [-0.2, -0.15) is 0 Å². The summed E-state index contributed by atoms with van der Waals surface area (Å²) in [4.78, 5) is 16.9. The Morgan fingerprint density at radius 2 is 1.79 bits per heavy atom. The second-order valence-electron chi connectivity index (χ2n) is 7.74. The average Bonchev–Trinajstić information content (AvgIpc) is 3.06. The molecule has 0 aliphatic carbocycles. The van der Waals surface area contributed by atoms with Gasteiger partial charge in [0.2, 0.25) is 5.91 Å². The van der Waals surface area contributed by atoms with Crippen LogP contribution < -0.4 is 14.4 Å². The summed E-state index contributed by atoms with van der Waals surface area (Å²) in [6.07, 6.45) is 1.91. The molecular weight excluding hydrogens is 408 g/mol. The molecule has 2 saturated heterocycles. The van der Waals surface area contributed by atoms with Crippen molar-refractivity contribution in [1.29, 1.82) is 0 Å². The molecule has 2 aromatic carbocycles. The number of carbonyl (C=O) groups excluding carboxylic acids is 1. The number of benzene rings is 2. The first-order chi connectivity index (χ1) is 14.1. The predicted octanol–water partition coefficient (Wildman–Crippen LogP) is 4.05. The molecule has 7 heteroatoms. The van der Waals surface area contributed by atoms with Gasteiger partial charge in [-0.15, -0.1) is 11.8 Å². The highest BCUT2D eigenvalue weighted by Gasteiger charge is 2.48. The molecule has 1 unspecified atom stereocenters. The zero-order valence-corrected chi connectivity index (χ0v) is 17.6. The Morgan fingerprint density at radius 3 is 2.55 bits per heavy atom. The second kappa shape index (κ2) is 7.74. The summed E-state index contributed by atoms with van der Waals surface area (Å²) in [6.45, 7) is 3.28. The van der Waals surface area contributed by atoms with Gasteiger partial charge in [0.25, 0.3) is 0 Å². The maximum absolute atomic E-state index is 12.7. The number of carbonyl (C=O) groups is 1. The van der Waals surface area contributed by atoms with Crippen molar-refractivity contribution in [2.24, 2.45) is 0 Å². The third-order valence-corrected chi connectivity index (χ3v) is 7.64. The van der Waals surface area contributed by atoms with Crippen molar-refractivity contribution in [3.05, 3.63) is 53.6 Å². The van der Waals surface area contributed by atoms with Crippen LogP contribution in [-0.2, 0) is 4.79 Å². The third kappa shape index (κ3) is 3.69. The first kappa shape index (κ1) is 19.1. The molecule has 1 amide bonds. The van der Waals surface area contributed by atoms with E-state index in [1.165, 1.54) is 0 Å². The van der Waals surface area contributed by atoms with Crippen molar-refractivity contribution in [1.82, 2.24) is 4.90 Å². The quantitative estimate of drug-likeness (QED) is 0.734. The lowest BCUT2D eigenvalue weighted by Crippen LogP contribution is -2.54. The Morgan fingerprint density at radius 1 is 1.07 bits per heavy atom. The Labute approximate surface area is 179 Å². The lowest BCUT2D eigenvalue weighted by Gasteiger charge is -2.44. The van der Waals surface area contributed by atoms with Crippen molar-refractivity contribution in [2.75, 3.05) is 36.9 Å².